The maximum Gasteiger partial charge on any atom is 0.170 e. The maximum absolute atomic E-state index is 13.0. The molecule has 7 nitrogen and oxygen atoms in total. The van der Waals surface area contributed by atoms with Crippen LogP contribution in [0.15, 0.2) is 61.1 Å². The second kappa shape index (κ2) is 9.73. The molecule has 7 heteroatoms. The number of aromatic nitrogens is 4. The largest absolute Gasteiger partial charge is 0.490 e. The van der Waals surface area contributed by atoms with Gasteiger partial charge in [0.1, 0.15) is 17.7 Å². The Morgan fingerprint density at radius 3 is 2.76 bits per heavy atom. The molecule has 0 saturated carbocycles. The summed E-state index contributed by atoms with van der Waals surface area (Å²) in [5.41, 5.74) is 3.51. The van der Waals surface area contributed by atoms with Crippen molar-refractivity contribution in [2.24, 2.45) is 0 Å². The Hall–Kier alpha value is -3.58. The van der Waals surface area contributed by atoms with E-state index in [4.69, 9.17) is 4.74 Å². The molecule has 0 unspecified atom stereocenters. The first-order valence-corrected chi connectivity index (χ1v) is 11.9. The van der Waals surface area contributed by atoms with E-state index >= 15 is 0 Å². The van der Waals surface area contributed by atoms with Gasteiger partial charge in [0.25, 0.3) is 0 Å². The Morgan fingerprint density at radius 2 is 1.97 bits per heavy atom. The fraction of sp³-hybridized carbons (Fsp3) is 0.333. The third-order valence-corrected chi connectivity index (χ3v) is 6.16. The van der Waals surface area contributed by atoms with E-state index in [9.17, 15) is 4.79 Å². The van der Waals surface area contributed by atoms with Crippen molar-refractivity contribution in [2.75, 3.05) is 13.1 Å². The molecule has 0 atom stereocenters. The van der Waals surface area contributed by atoms with Crippen molar-refractivity contribution in [1.29, 1.82) is 0 Å². The number of carbonyl (C=O) groups is 1. The van der Waals surface area contributed by atoms with Gasteiger partial charge in [0.2, 0.25) is 0 Å². The molecule has 0 radical (unpaired) electrons. The summed E-state index contributed by atoms with van der Waals surface area (Å²) in [5.74, 6) is 1.23. The molecule has 2 aromatic carbocycles. The lowest BCUT2D eigenvalue weighted by Crippen LogP contribution is -2.34. The summed E-state index contributed by atoms with van der Waals surface area (Å²) >= 11 is 0. The van der Waals surface area contributed by atoms with Gasteiger partial charge >= 0.3 is 0 Å². The summed E-state index contributed by atoms with van der Waals surface area (Å²) in [6, 6.07) is 13.8. The van der Waals surface area contributed by atoms with Gasteiger partial charge in [-0.15, -0.1) is 0 Å². The molecule has 1 aliphatic heterocycles. The number of fused-ring (bicyclic) bond motifs is 1. The lowest BCUT2D eigenvalue weighted by molar-refractivity contribution is 0.0989. The summed E-state index contributed by atoms with van der Waals surface area (Å²) in [7, 11) is 0. The number of carbonyl (C=O) groups excluding carboxylic acids is 1. The van der Waals surface area contributed by atoms with Gasteiger partial charge in [0, 0.05) is 34.9 Å². The molecule has 1 saturated heterocycles. The fourth-order valence-electron chi connectivity index (χ4n) is 4.19. The minimum atomic E-state index is -0.0236. The predicted octanol–water partition coefficient (Wildman–Crippen LogP) is 4.63. The van der Waals surface area contributed by atoms with Crippen LogP contribution in [0.3, 0.4) is 0 Å². The third-order valence-electron chi connectivity index (χ3n) is 6.16. The number of hydrogen-bond acceptors (Lipinski definition) is 6. The standard InChI is InChI=1S/C27H29N5O2/c1-18(2)32-17-22(16-30-32)19-6-7-21-15-29-27(31-25(21)13-19)14-26(33)20-4-3-5-24(12-20)34-23-8-10-28-11-9-23/h3-7,12-13,15-18,23,28H,8-11,14H2,1-2H3. The molecule has 2 aromatic heterocycles. The van der Waals surface area contributed by atoms with Crippen LogP contribution in [0.4, 0.5) is 0 Å². The molecule has 0 amide bonds. The second-order valence-corrected chi connectivity index (χ2v) is 9.06. The van der Waals surface area contributed by atoms with Gasteiger partial charge in [-0.2, -0.15) is 5.10 Å². The normalized spacial score (nSPS) is 14.6. The highest BCUT2D eigenvalue weighted by molar-refractivity contribution is 5.97. The summed E-state index contributed by atoms with van der Waals surface area (Å²) in [5, 5.41) is 8.71. The van der Waals surface area contributed by atoms with Crippen LogP contribution < -0.4 is 10.1 Å². The molecule has 1 fully saturated rings. The summed E-state index contributed by atoms with van der Waals surface area (Å²) < 4.78 is 8.03. The molecule has 174 valence electrons. The number of Topliss-reactive ketones (excluding diaryl/α,β-unsaturated/α-hetero) is 1. The van der Waals surface area contributed by atoms with Crippen LogP contribution in [0.1, 0.15) is 48.9 Å². The van der Waals surface area contributed by atoms with E-state index in [0.29, 0.717) is 17.4 Å². The van der Waals surface area contributed by atoms with Crippen molar-refractivity contribution in [2.45, 2.75) is 45.3 Å². The van der Waals surface area contributed by atoms with Crippen molar-refractivity contribution >= 4 is 16.7 Å². The van der Waals surface area contributed by atoms with Gasteiger partial charge in [0.15, 0.2) is 5.78 Å². The van der Waals surface area contributed by atoms with Crippen LogP contribution in [-0.4, -0.2) is 44.7 Å². The van der Waals surface area contributed by atoms with E-state index in [2.05, 4.69) is 34.2 Å². The quantitative estimate of drug-likeness (QED) is 0.409. The Balaban J connectivity index is 1.33. The summed E-state index contributed by atoms with van der Waals surface area (Å²) in [6.45, 7) is 6.13. The number of ether oxygens (including phenoxy) is 1. The summed E-state index contributed by atoms with van der Waals surface area (Å²) in [6.07, 6.45) is 7.97. The van der Waals surface area contributed by atoms with Crippen molar-refractivity contribution < 1.29 is 9.53 Å². The summed E-state index contributed by atoms with van der Waals surface area (Å²) in [4.78, 5) is 22.1. The van der Waals surface area contributed by atoms with Crippen molar-refractivity contribution in [3.63, 3.8) is 0 Å². The molecule has 1 aliphatic rings. The van der Waals surface area contributed by atoms with Gasteiger partial charge in [-0.25, -0.2) is 9.97 Å². The van der Waals surface area contributed by atoms with E-state index in [1.807, 2.05) is 59.5 Å². The van der Waals surface area contributed by atoms with Crippen LogP contribution >= 0.6 is 0 Å². The van der Waals surface area contributed by atoms with E-state index in [0.717, 1.165) is 53.7 Å². The molecule has 0 spiro atoms. The predicted molar refractivity (Wildman–Crippen MR) is 132 cm³/mol. The number of piperidine rings is 1. The van der Waals surface area contributed by atoms with E-state index in [-0.39, 0.29) is 18.3 Å². The first-order valence-electron chi connectivity index (χ1n) is 11.9. The van der Waals surface area contributed by atoms with Crippen LogP contribution in [0.25, 0.3) is 22.0 Å². The molecule has 1 N–H and O–H groups in total. The maximum atomic E-state index is 13.0. The molecular weight excluding hydrogens is 426 g/mol. The monoisotopic (exact) mass is 455 g/mol. The van der Waals surface area contributed by atoms with Gasteiger partial charge in [0.05, 0.1) is 18.1 Å². The van der Waals surface area contributed by atoms with Crippen LogP contribution in [0.2, 0.25) is 0 Å². The van der Waals surface area contributed by atoms with E-state index < -0.39 is 0 Å². The van der Waals surface area contributed by atoms with Gasteiger partial charge in [-0.05, 0) is 63.5 Å². The lowest BCUT2D eigenvalue weighted by Gasteiger charge is -2.24. The minimum absolute atomic E-state index is 0.0236. The smallest absolute Gasteiger partial charge is 0.170 e. The zero-order chi connectivity index (χ0) is 23.5. The molecular formula is C27H29N5O2. The molecule has 5 rings (SSSR count). The first kappa shape index (κ1) is 22.2. The second-order valence-electron chi connectivity index (χ2n) is 9.06. The molecule has 0 bridgehead atoms. The molecule has 4 aromatic rings. The number of rotatable bonds is 7. The minimum Gasteiger partial charge on any atom is -0.490 e. The number of benzene rings is 2. The zero-order valence-electron chi connectivity index (χ0n) is 19.6. The van der Waals surface area contributed by atoms with Crippen molar-refractivity contribution in [1.82, 2.24) is 25.1 Å². The highest BCUT2D eigenvalue weighted by Crippen LogP contribution is 2.24. The molecule has 3 heterocycles. The van der Waals surface area contributed by atoms with E-state index in [1.54, 1.807) is 6.20 Å². The van der Waals surface area contributed by atoms with Crippen LogP contribution in [0.5, 0.6) is 5.75 Å². The zero-order valence-corrected chi connectivity index (χ0v) is 19.6. The Morgan fingerprint density at radius 1 is 1.12 bits per heavy atom. The number of hydrogen-bond donors (Lipinski definition) is 1. The van der Waals surface area contributed by atoms with Crippen molar-refractivity contribution in [3.05, 3.63) is 72.4 Å². The fourth-order valence-corrected chi connectivity index (χ4v) is 4.19. The Kier molecular flexibility index (Phi) is 6.36. The van der Waals surface area contributed by atoms with Crippen LogP contribution in [0, 0.1) is 0 Å². The lowest BCUT2D eigenvalue weighted by atomic mass is 10.1. The molecule has 0 aliphatic carbocycles. The number of nitrogens with zero attached hydrogens (tertiary/aromatic N) is 4. The third kappa shape index (κ3) is 4.99. The Labute approximate surface area is 199 Å². The highest BCUT2D eigenvalue weighted by Gasteiger charge is 2.16. The van der Waals surface area contributed by atoms with Gasteiger partial charge in [-0.3, -0.25) is 9.48 Å². The Bertz CT molecular complexity index is 1310. The van der Waals surface area contributed by atoms with Gasteiger partial charge in [-0.1, -0.05) is 24.3 Å². The molecule has 34 heavy (non-hydrogen) atoms. The van der Waals surface area contributed by atoms with Crippen molar-refractivity contribution in [3.8, 4) is 16.9 Å². The topological polar surface area (TPSA) is 81.9 Å². The number of ketones is 1. The SMILES string of the molecule is CC(C)n1cc(-c2ccc3cnc(CC(=O)c4cccc(OC5CCNCC5)c4)nc3c2)cn1. The first-order chi connectivity index (χ1) is 16.5. The van der Waals surface area contributed by atoms with Crippen LogP contribution in [-0.2, 0) is 6.42 Å². The average molecular weight is 456 g/mol. The number of nitrogens with one attached hydrogen (secondary N) is 1. The van der Waals surface area contributed by atoms with E-state index in [1.165, 1.54) is 0 Å². The average Bonchev–Trinajstić information content (AvgIpc) is 3.35. The van der Waals surface area contributed by atoms with Gasteiger partial charge < -0.3 is 10.1 Å². The highest BCUT2D eigenvalue weighted by atomic mass is 16.5.